The van der Waals surface area contributed by atoms with Crippen LogP contribution in [0.3, 0.4) is 0 Å². The number of halogens is 1. The first-order valence-electron chi connectivity index (χ1n) is 22.6. The minimum absolute atomic E-state index is 0.0640. The van der Waals surface area contributed by atoms with Crippen LogP contribution in [0.5, 0.6) is 11.5 Å². The van der Waals surface area contributed by atoms with Gasteiger partial charge in [-0.15, -0.1) is 11.6 Å². The summed E-state index contributed by atoms with van der Waals surface area (Å²) in [6.45, 7) is 20.5. The average molecular weight is 965 g/mol. The Balaban J connectivity index is 1.65. The number of carbonyl (C=O) groups excluding carboxylic acids is 4. The fourth-order valence-corrected chi connectivity index (χ4v) is 18.4. The number of fused-ring (bicyclic) bond motifs is 2. The van der Waals surface area contributed by atoms with Gasteiger partial charge in [0.2, 0.25) is 5.91 Å². The van der Waals surface area contributed by atoms with Gasteiger partial charge in [0.25, 0.3) is 15.9 Å². The van der Waals surface area contributed by atoms with Gasteiger partial charge in [0.05, 0.1) is 55.1 Å². The van der Waals surface area contributed by atoms with E-state index < -0.39 is 88.9 Å². The minimum Gasteiger partial charge on any atom is -0.493 e. The summed E-state index contributed by atoms with van der Waals surface area (Å²) >= 11 is 7.78. The maximum atomic E-state index is 15.9. The van der Waals surface area contributed by atoms with Gasteiger partial charge in [0.15, 0.2) is 19.8 Å². The Labute approximate surface area is 396 Å². The predicted molar refractivity (Wildman–Crippen MR) is 257 cm³/mol. The molecule has 3 fully saturated rings. The molecule has 0 bridgehead atoms. The molecular weight excluding hydrogens is 898 g/mol. The van der Waals surface area contributed by atoms with Gasteiger partial charge >= 0.3 is 12.0 Å². The number of ether oxygens (including phenoxy) is 3. The molecule has 6 rings (SSSR count). The van der Waals surface area contributed by atoms with Crippen molar-refractivity contribution in [1.82, 2.24) is 14.1 Å². The zero-order valence-corrected chi connectivity index (χ0v) is 43.0. The number of hydrogen-bond donors (Lipinski definition) is 0. The summed E-state index contributed by atoms with van der Waals surface area (Å²) in [6, 6.07) is 16.8. The number of methoxy groups -OCH3 is 2. The summed E-state index contributed by atoms with van der Waals surface area (Å²) in [5.41, 5.74) is 0.218. The Morgan fingerprint density at radius 2 is 1.39 bits per heavy atom. The van der Waals surface area contributed by atoms with E-state index in [-0.39, 0.29) is 34.7 Å². The number of alkyl halides is 1. The Morgan fingerprint density at radius 3 is 1.92 bits per heavy atom. The van der Waals surface area contributed by atoms with Gasteiger partial charge < -0.3 is 23.5 Å². The normalized spacial score (nSPS) is 23.7. The quantitative estimate of drug-likeness (QED) is 0.0589. The second-order valence-electron chi connectivity index (χ2n) is 19.9. The fraction of sp³-hybridized carbons (Fsp3) is 0.520. The van der Waals surface area contributed by atoms with Crippen LogP contribution in [0, 0.1) is 37.0 Å². The zero-order chi connectivity index (χ0) is 48.8. The van der Waals surface area contributed by atoms with Crippen LogP contribution in [0.4, 0.5) is 4.79 Å². The van der Waals surface area contributed by atoms with Crippen LogP contribution < -0.4 is 9.47 Å². The third kappa shape index (κ3) is 8.69. The topological polar surface area (TPSA) is 149 Å². The van der Waals surface area contributed by atoms with Gasteiger partial charge in [-0.1, -0.05) is 95.1 Å². The molecule has 3 aliphatic rings. The molecule has 2 heterocycles. The van der Waals surface area contributed by atoms with E-state index in [9.17, 15) is 4.79 Å². The van der Waals surface area contributed by atoms with Crippen LogP contribution in [0.25, 0.3) is 6.08 Å². The number of aryl methyl sites for hydroxylation is 2. The second kappa shape index (κ2) is 19.1. The van der Waals surface area contributed by atoms with Crippen molar-refractivity contribution in [3.63, 3.8) is 0 Å². The molecule has 1 spiro atoms. The molecule has 6 atom stereocenters. The summed E-state index contributed by atoms with van der Waals surface area (Å²) < 4.78 is 55.7. The van der Waals surface area contributed by atoms with Crippen LogP contribution in [0.2, 0.25) is 16.6 Å². The minimum atomic E-state index is -4.66. The van der Waals surface area contributed by atoms with E-state index in [4.69, 9.17) is 30.2 Å². The number of benzene rings is 3. The number of carbonyl (C=O) groups is 4. The highest BCUT2D eigenvalue weighted by molar-refractivity contribution is 7.89. The molecule has 16 heteroatoms. The van der Waals surface area contributed by atoms with Crippen molar-refractivity contribution >= 4 is 59.8 Å². The molecule has 3 aromatic carbocycles. The molecule has 13 nitrogen and oxygen atoms in total. The van der Waals surface area contributed by atoms with Gasteiger partial charge in [-0.05, 0) is 92.7 Å². The van der Waals surface area contributed by atoms with Gasteiger partial charge in [-0.25, -0.2) is 22.4 Å². The lowest BCUT2D eigenvalue weighted by molar-refractivity contribution is -0.155. The van der Waals surface area contributed by atoms with Crippen molar-refractivity contribution in [3.05, 3.63) is 95.2 Å². The monoisotopic (exact) mass is 963 g/mol. The molecule has 358 valence electrons. The SMILES string of the molecule is COc1ccc(CN2C(=O)N(/C=C/c3ccc(C)cc3)C(=O)[C@]23C2C(C(=O)N(S(=O)(=O)c4ccc(C)cc4)[C@@H]2CO[Si](C(C)C)(C(C)C)C(C)C)[C@H](COC(=O)C(C)(C)C)[C@H]3Cl)cc1OC. The van der Waals surface area contributed by atoms with Crippen molar-refractivity contribution in [1.29, 1.82) is 0 Å². The van der Waals surface area contributed by atoms with E-state index in [0.29, 0.717) is 22.6 Å². The summed E-state index contributed by atoms with van der Waals surface area (Å²) in [7, 11) is -4.49. The van der Waals surface area contributed by atoms with Crippen molar-refractivity contribution < 1.29 is 46.2 Å². The molecule has 0 aromatic heterocycles. The predicted octanol–water partition coefficient (Wildman–Crippen LogP) is 9.35. The molecule has 2 unspecified atom stereocenters. The number of imide groups is 1. The van der Waals surface area contributed by atoms with Crippen molar-refractivity contribution in [2.45, 2.75) is 121 Å². The van der Waals surface area contributed by atoms with Crippen LogP contribution in [0.1, 0.15) is 84.6 Å². The Kier molecular flexibility index (Phi) is 14.7. The highest BCUT2D eigenvalue weighted by Gasteiger charge is 2.79. The summed E-state index contributed by atoms with van der Waals surface area (Å²) in [5.74, 6) is -5.09. The lowest BCUT2D eigenvalue weighted by Crippen LogP contribution is -2.63. The molecule has 3 aromatic rings. The molecule has 1 saturated carbocycles. The number of nitrogens with zero attached hydrogens (tertiary/aromatic N) is 3. The third-order valence-corrected chi connectivity index (χ3v) is 22.5. The number of rotatable bonds is 16. The highest BCUT2D eigenvalue weighted by Crippen LogP contribution is 2.61. The van der Waals surface area contributed by atoms with E-state index >= 15 is 22.8 Å². The van der Waals surface area contributed by atoms with Crippen molar-refractivity contribution in [2.24, 2.45) is 23.2 Å². The third-order valence-electron chi connectivity index (χ3n) is 13.9. The van der Waals surface area contributed by atoms with E-state index in [1.807, 2.05) is 38.1 Å². The summed E-state index contributed by atoms with van der Waals surface area (Å²) in [5, 5.41) is -1.37. The lowest BCUT2D eigenvalue weighted by atomic mass is 9.78. The zero-order valence-electron chi connectivity index (χ0n) is 40.5. The van der Waals surface area contributed by atoms with E-state index in [1.165, 1.54) is 37.5 Å². The highest BCUT2D eigenvalue weighted by atomic mass is 35.5. The van der Waals surface area contributed by atoms with Crippen LogP contribution in [-0.2, 0) is 40.1 Å². The first kappa shape index (κ1) is 50.7. The second-order valence-corrected chi connectivity index (χ2v) is 27.6. The molecule has 0 N–H and O–H groups in total. The first-order chi connectivity index (χ1) is 30.9. The molecule has 1 aliphatic carbocycles. The Morgan fingerprint density at radius 1 is 0.833 bits per heavy atom. The standard InChI is InChI=1S/C50H66ClN3O10SSi/c1-30(2)66(31(3)4,32(5)6)64-29-39-43-42(45(55)54(39)65(59,60)37-21-16-34(8)17-22-37)38(28-63-47(57)49(9,10)11)44(51)50(43)46(56)52(25-24-35-18-14-33(7)15-19-35)48(58)53(50)27-36-20-23-40(61-12)41(26-36)62-13/h14-26,30-32,38-39,42-44H,27-29H2,1-13H3/b25-24+/t38-,39+,42?,43?,44+,50+/m0/s1. The largest absolute Gasteiger partial charge is 0.493 e. The first-order valence-corrected chi connectivity index (χ1v) is 26.6. The molecule has 66 heavy (non-hydrogen) atoms. The molecule has 4 amide bonds. The lowest BCUT2D eigenvalue weighted by Gasteiger charge is -2.46. The van der Waals surface area contributed by atoms with Gasteiger partial charge in [0.1, 0.15) is 5.54 Å². The summed E-state index contributed by atoms with van der Waals surface area (Å²) in [4.78, 5) is 62.6. The van der Waals surface area contributed by atoms with E-state index in [1.54, 1.807) is 57.2 Å². The molecule has 2 aliphatic heterocycles. The van der Waals surface area contributed by atoms with Gasteiger partial charge in [-0.3, -0.25) is 14.4 Å². The molecular formula is C50H66ClN3O10SSi. The number of hydrogen-bond acceptors (Lipinski definition) is 10. The van der Waals surface area contributed by atoms with Gasteiger partial charge in [0, 0.05) is 24.6 Å². The van der Waals surface area contributed by atoms with Crippen LogP contribution in [-0.4, -0.2) is 99.0 Å². The maximum absolute atomic E-state index is 15.9. The number of sulfonamides is 1. The van der Waals surface area contributed by atoms with E-state index in [0.717, 1.165) is 20.3 Å². The van der Waals surface area contributed by atoms with Crippen LogP contribution in [0.15, 0.2) is 77.8 Å². The Bertz CT molecular complexity index is 2430. The smallest absolute Gasteiger partial charge is 0.332 e. The van der Waals surface area contributed by atoms with Gasteiger partial charge in [-0.2, -0.15) is 0 Å². The Hall–Kier alpha value is -4.70. The summed E-state index contributed by atoms with van der Waals surface area (Å²) in [6.07, 6.45) is 3.04. The maximum Gasteiger partial charge on any atom is 0.332 e. The number of amides is 4. The van der Waals surface area contributed by atoms with Crippen LogP contribution >= 0.6 is 11.6 Å². The number of esters is 1. The van der Waals surface area contributed by atoms with Crippen molar-refractivity contribution in [2.75, 3.05) is 27.4 Å². The molecule has 2 saturated heterocycles. The van der Waals surface area contributed by atoms with Crippen molar-refractivity contribution in [3.8, 4) is 11.5 Å². The number of urea groups is 1. The average Bonchev–Trinajstić information content (AvgIpc) is 3.77. The van der Waals surface area contributed by atoms with E-state index in [2.05, 4.69) is 41.5 Å². The fourth-order valence-electron chi connectivity index (χ4n) is 10.8. The molecule has 0 radical (unpaired) electrons.